The number of anilines is 1. The van der Waals surface area contributed by atoms with E-state index in [0.29, 0.717) is 5.75 Å². The van der Waals surface area contributed by atoms with E-state index in [1.165, 1.54) is 0 Å². The van der Waals surface area contributed by atoms with Crippen LogP contribution in [0.5, 0.6) is 11.5 Å². The summed E-state index contributed by atoms with van der Waals surface area (Å²) < 4.78 is 15.6. The normalized spacial score (nSPS) is 11.4. The van der Waals surface area contributed by atoms with Gasteiger partial charge < -0.3 is 19.1 Å². The van der Waals surface area contributed by atoms with E-state index in [-0.39, 0.29) is 0 Å². The quantitative estimate of drug-likeness (QED) is 0.479. The number of hydrogen-bond donors (Lipinski definition) is 0. The topological polar surface area (TPSA) is 48.0 Å². The molecule has 0 aliphatic carbocycles. The SMILES string of the molecule is COc1cccc(N(C)C(C)OC(=O)Oc2ccccc2)c1. The van der Waals surface area contributed by atoms with Crippen molar-refractivity contribution in [1.82, 2.24) is 0 Å². The number of methoxy groups -OCH3 is 1. The van der Waals surface area contributed by atoms with Crippen molar-refractivity contribution in [3.05, 3.63) is 54.6 Å². The number of hydrogen-bond acceptors (Lipinski definition) is 5. The molecule has 0 saturated carbocycles. The molecule has 1 unspecified atom stereocenters. The number of rotatable bonds is 5. The minimum Gasteiger partial charge on any atom is -0.497 e. The molecule has 5 heteroatoms. The van der Waals surface area contributed by atoms with Gasteiger partial charge in [0.1, 0.15) is 11.5 Å². The van der Waals surface area contributed by atoms with Crippen LogP contribution in [0.3, 0.4) is 0 Å². The Morgan fingerprint density at radius 3 is 2.41 bits per heavy atom. The number of para-hydroxylation sites is 1. The number of benzene rings is 2. The van der Waals surface area contributed by atoms with Crippen LogP contribution in [0.2, 0.25) is 0 Å². The van der Waals surface area contributed by atoms with Crippen LogP contribution in [-0.4, -0.2) is 26.5 Å². The van der Waals surface area contributed by atoms with Crippen molar-refractivity contribution in [3.63, 3.8) is 0 Å². The number of carbonyl (C=O) groups is 1. The van der Waals surface area contributed by atoms with E-state index in [4.69, 9.17) is 14.2 Å². The molecule has 1 atom stereocenters. The Morgan fingerprint density at radius 2 is 1.73 bits per heavy atom. The molecule has 2 rings (SSSR count). The number of ether oxygens (including phenoxy) is 3. The summed E-state index contributed by atoms with van der Waals surface area (Å²) in [7, 11) is 3.44. The second kappa shape index (κ2) is 7.36. The molecule has 0 amide bonds. The molecule has 22 heavy (non-hydrogen) atoms. The summed E-state index contributed by atoms with van der Waals surface area (Å²) in [5, 5.41) is 0. The molecule has 0 aromatic heterocycles. The molecule has 0 heterocycles. The van der Waals surface area contributed by atoms with Crippen molar-refractivity contribution in [2.24, 2.45) is 0 Å². The predicted octanol–water partition coefficient (Wildman–Crippen LogP) is 3.69. The van der Waals surface area contributed by atoms with E-state index in [1.54, 1.807) is 38.3 Å². The third-order valence-electron chi connectivity index (χ3n) is 3.22. The smallest absolute Gasteiger partial charge is 0.497 e. The van der Waals surface area contributed by atoms with Gasteiger partial charge in [-0.05, 0) is 31.2 Å². The first kappa shape index (κ1) is 15.7. The summed E-state index contributed by atoms with van der Waals surface area (Å²) in [5.74, 6) is 1.19. The summed E-state index contributed by atoms with van der Waals surface area (Å²) >= 11 is 0. The van der Waals surface area contributed by atoms with Crippen LogP contribution < -0.4 is 14.4 Å². The van der Waals surface area contributed by atoms with E-state index >= 15 is 0 Å². The van der Waals surface area contributed by atoms with Crippen LogP contribution in [-0.2, 0) is 4.74 Å². The Bertz CT molecular complexity index is 615. The van der Waals surface area contributed by atoms with Crippen LogP contribution in [0, 0.1) is 0 Å². The fourth-order valence-corrected chi connectivity index (χ4v) is 1.87. The van der Waals surface area contributed by atoms with Gasteiger partial charge in [-0.1, -0.05) is 24.3 Å². The van der Waals surface area contributed by atoms with Crippen molar-refractivity contribution < 1.29 is 19.0 Å². The van der Waals surface area contributed by atoms with Crippen molar-refractivity contribution >= 4 is 11.8 Å². The monoisotopic (exact) mass is 301 g/mol. The van der Waals surface area contributed by atoms with Gasteiger partial charge in [-0.3, -0.25) is 0 Å². The maximum absolute atomic E-state index is 11.8. The second-order valence-corrected chi connectivity index (χ2v) is 4.69. The first-order valence-electron chi connectivity index (χ1n) is 6.90. The number of carbonyl (C=O) groups excluding carboxylic acids is 1. The van der Waals surface area contributed by atoms with E-state index in [9.17, 15) is 4.79 Å². The van der Waals surface area contributed by atoms with Crippen molar-refractivity contribution in [3.8, 4) is 11.5 Å². The van der Waals surface area contributed by atoms with E-state index < -0.39 is 12.4 Å². The standard InChI is InChI=1S/C17H19NO4/c1-13(18(2)14-8-7-11-16(12-14)20-3)21-17(19)22-15-9-5-4-6-10-15/h4-13H,1-3H3. The zero-order chi connectivity index (χ0) is 15.9. The highest BCUT2D eigenvalue weighted by Gasteiger charge is 2.16. The maximum atomic E-state index is 11.8. The Hall–Kier alpha value is -2.69. The molecular weight excluding hydrogens is 282 g/mol. The first-order valence-corrected chi connectivity index (χ1v) is 6.90. The zero-order valence-electron chi connectivity index (χ0n) is 12.9. The van der Waals surface area contributed by atoms with E-state index in [0.717, 1.165) is 11.4 Å². The lowest BCUT2D eigenvalue weighted by molar-refractivity contribution is 0.0661. The lowest BCUT2D eigenvalue weighted by Crippen LogP contribution is -2.34. The minimum atomic E-state index is -0.742. The van der Waals surface area contributed by atoms with Crippen LogP contribution in [0.4, 0.5) is 10.5 Å². The summed E-state index contributed by atoms with van der Waals surface area (Å²) in [5.41, 5.74) is 0.874. The minimum absolute atomic E-state index is 0.448. The third kappa shape index (κ3) is 4.15. The largest absolute Gasteiger partial charge is 0.515 e. The van der Waals surface area contributed by atoms with E-state index in [1.807, 2.05) is 42.3 Å². The van der Waals surface area contributed by atoms with Gasteiger partial charge in [-0.15, -0.1) is 0 Å². The highest BCUT2D eigenvalue weighted by Crippen LogP contribution is 2.22. The van der Waals surface area contributed by atoms with Crippen molar-refractivity contribution in [2.45, 2.75) is 13.2 Å². The zero-order valence-corrected chi connectivity index (χ0v) is 12.9. The highest BCUT2D eigenvalue weighted by atomic mass is 16.7. The number of nitrogens with zero attached hydrogens (tertiary/aromatic N) is 1. The molecule has 0 aliphatic heterocycles. The van der Waals surface area contributed by atoms with Gasteiger partial charge in [-0.2, -0.15) is 0 Å². The Kier molecular flexibility index (Phi) is 5.25. The molecule has 2 aromatic rings. The van der Waals surface area contributed by atoms with Gasteiger partial charge in [0.25, 0.3) is 0 Å². The van der Waals surface area contributed by atoms with Crippen molar-refractivity contribution in [2.75, 3.05) is 19.1 Å². The second-order valence-electron chi connectivity index (χ2n) is 4.69. The molecule has 5 nitrogen and oxygen atoms in total. The molecule has 116 valence electrons. The molecule has 0 saturated heterocycles. The predicted molar refractivity (Wildman–Crippen MR) is 84.4 cm³/mol. The average Bonchev–Trinajstić information content (AvgIpc) is 2.55. The highest BCUT2D eigenvalue weighted by molar-refractivity contribution is 5.64. The Balaban J connectivity index is 1.95. The summed E-state index contributed by atoms with van der Waals surface area (Å²) in [6.07, 6.45) is -1.23. The van der Waals surface area contributed by atoms with Crippen LogP contribution >= 0.6 is 0 Å². The van der Waals surface area contributed by atoms with Gasteiger partial charge in [0.15, 0.2) is 6.23 Å². The fourth-order valence-electron chi connectivity index (χ4n) is 1.87. The van der Waals surface area contributed by atoms with Gasteiger partial charge in [-0.25, -0.2) is 4.79 Å². The average molecular weight is 301 g/mol. The summed E-state index contributed by atoms with van der Waals surface area (Å²) in [4.78, 5) is 13.6. The lowest BCUT2D eigenvalue weighted by Gasteiger charge is -2.26. The molecule has 0 fully saturated rings. The first-order chi connectivity index (χ1) is 10.6. The Labute approximate surface area is 130 Å². The van der Waals surface area contributed by atoms with Gasteiger partial charge in [0.2, 0.25) is 0 Å². The van der Waals surface area contributed by atoms with Gasteiger partial charge >= 0.3 is 6.16 Å². The van der Waals surface area contributed by atoms with Crippen molar-refractivity contribution in [1.29, 1.82) is 0 Å². The molecule has 2 aromatic carbocycles. The van der Waals surface area contributed by atoms with Gasteiger partial charge in [0, 0.05) is 18.8 Å². The van der Waals surface area contributed by atoms with Crippen LogP contribution in [0.1, 0.15) is 6.92 Å². The molecule has 0 spiro atoms. The molecule has 0 bridgehead atoms. The van der Waals surface area contributed by atoms with Crippen LogP contribution in [0.25, 0.3) is 0 Å². The molecular formula is C17H19NO4. The molecule has 0 N–H and O–H groups in total. The molecule has 0 aliphatic rings. The van der Waals surface area contributed by atoms with Crippen LogP contribution in [0.15, 0.2) is 54.6 Å². The fraction of sp³-hybridized carbons (Fsp3) is 0.235. The maximum Gasteiger partial charge on any atom is 0.515 e. The van der Waals surface area contributed by atoms with Gasteiger partial charge in [0.05, 0.1) is 7.11 Å². The Morgan fingerprint density at radius 1 is 1.05 bits per heavy atom. The lowest BCUT2D eigenvalue weighted by atomic mass is 10.3. The third-order valence-corrected chi connectivity index (χ3v) is 3.22. The summed E-state index contributed by atoms with van der Waals surface area (Å²) in [6, 6.07) is 16.3. The summed E-state index contributed by atoms with van der Waals surface area (Å²) in [6.45, 7) is 1.77. The van der Waals surface area contributed by atoms with E-state index in [2.05, 4.69) is 0 Å². The molecule has 0 radical (unpaired) electrons.